The Morgan fingerprint density at radius 2 is 2.14 bits per heavy atom. The number of imidazole rings is 1. The number of carbonyl (C=O) groups excluding carboxylic acids is 1. The lowest BCUT2D eigenvalue weighted by Crippen LogP contribution is -2.22. The third-order valence-electron chi connectivity index (χ3n) is 3.80. The van der Waals surface area contributed by atoms with E-state index in [1.165, 1.54) is 5.56 Å². The van der Waals surface area contributed by atoms with Crippen LogP contribution in [-0.4, -0.2) is 15.5 Å². The van der Waals surface area contributed by atoms with Crippen molar-refractivity contribution in [1.29, 1.82) is 0 Å². The molecule has 1 aliphatic rings. The number of fused-ring (bicyclic) bond motifs is 1. The van der Waals surface area contributed by atoms with Gasteiger partial charge >= 0.3 is 0 Å². The largest absolute Gasteiger partial charge is 0.307 e. The normalized spacial score (nSPS) is 14.1. The van der Waals surface area contributed by atoms with Crippen LogP contribution in [-0.2, 0) is 17.8 Å². The summed E-state index contributed by atoms with van der Waals surface area (Å²) < 4.78 is 2.85. The van der Waals surface area contributed by atoms with Gasteiger partial charge < -0.3 is 4.57 Å². The number of carbonyl (C=O) groups is 1. The highest BCUT2D eigenvalue weighted by Crippen LogP contribution is 2.36. The van der Waals surface area contributed by atoms with Crippen LogP contribution in [0.4, 0.5) is 11.6 Å². The van der Waals surface area contributed by atoms with Crippen LogP contribution in [0.2, 0.25) is 0 Å². The van der Waals surface area contributed by atoms with Crippen LogP contribution in [0.1, 0.15) is 37.9 Å². The fraction of sp³-hybridized carbons (Fsp3) is 0.375. The number of rotatable bonds is 3. The molecule has 0 saturated carbocycles. The van der Waals surface area contributed by atoms with Gasteiger partial charge in [-0.05, 0) is 46.0 Å². The number of aryl methyl sites for hydroxylation is 1. The predicted octanol–water partition coefficient (Wildman–Crippen LogP) is 4.01. The topological polar surface area (TPSA) is 38.1 Å². The Morgan fingerprint density at radius 3 is 2.76 bits per heavy atom. The number of amides is 1. The molecule has 0 N–H and O–H groups in total. The minimum atomic E-state index is 0.0538. The maximum atomic E-state index is 12.3. The highest BCUT2D eigenvalue weighted by atomic mass is 79.9. The van der Waals surface area contributed by atoms with Crippen molar-refractivity contribution < 1.29 is 4.79 Å². The van der Waals surface area contributed by atoms with Crippen molar-refractivity contribution in [2.45, 2.75) is 39.7 Å². The molecule has 0 aliphatic carbocycles. The van der Waals surface area contributed by atoms with Crippen molar-refractivity contribution in [2.75, 3.05) is 4.90 Å². The molecule has 3 rings (SSSR count). The Kier molecular flexibility index (Phi) is 3.61. The summed E-state index contributed by atoms with van der Waals surface area (Å²) >= 11 is 3.60. The molecule has 1 aromatic carbocycles. The van der Waals surface area contributed by atoms with Gasteiger partial charge in [0.2, 0.25) is 5.95 Å². The van der Waals surface area contributed by atoms with Crippen molar-refractivity contribution in [3.05, 3.63) is 40.1 Å². The number of aromatic nitrogens is 2. The predicted molar refractivity (Wildman–Crippen MR) is 87.0 cm³/mol. The van der Waals surface area contributed by atoms with Crippen molar-refractivity contribution in [2.24, 2.45) is 0 Å². The SMILES string of the molecule is CCc1cn2c(n1)N(c1ccc(C(C)C)cc1Br)C(=O)C2. The molecule has 5 heteroatoms. The van der Waals surface area contributed by atoms with Crippen molar-refractivity contribution >= 4 is 33.5 Å². The van der Waals surface area contributed by atoms with Gasteiger partial charge in [-0.1, -0.05) is 26.8 Å². The second kappa shape index (κ2) is 5.30. The Balaban J connectivity index is 2.04. The summed E-state index contributed by atoms with van der Waals surface area (Å²) in [7, 11) is 0. The van der Waals surface area contributed by atoms with Crippen molar-refractivity contribution in [3.63, 3.8) is 0 Å². The summed E-state index contributed by atoms with van der Waals surface area (Å²) in [6.45, 7) is 6.74. The first-order valence-corrected chi connectivity index (χ1v) is 7.99. The molecule has 1 amide bonds. The highest BCUT2D eigenvalue weighted by molar-refractivity contribution is 9.10. The van der Waals surface area contributed by atoms with Gasteiger partial charge in [0.05, 0.1) is 11.4 Å². The lowest BCUT2D eigenvalue weighted by molar-refractivity contribution is -0.117. The van der Waals surface area contributed by atoms with Gasteiger partial charge in [-0.15, -0.1) is 0 Å². The van der Waals surface area contributed by atoms with E-state index >= 15 is 0 Å². The molecular weight excluding hydrogens is 330 g/mol. The number of benzene rings is 1. The Bertz CT molecular complexity index is 706. The zero-order chi connectivity index (χ0) is 15.1. The van der Waals surface area contributed by atoms with Crippen LogP contribution in [0.15, 0.2) is 28.9 Å². The smallest absolute Gasteiger partial charge is 0.253 e. The molecule has 0 unspecified atom stereocenters. The Hall–Kier alpha value is -1.62. The molecule has 110 valence electrons. The summed E-state index contributed by atoms with van der Waals surface area (Å²) in [4.78, 5) is 18.6. The number of hydrogen-bond acceptors (Lipinski definition) is 2. The molecule has 0 atom stereocenters. The van der Waals surface area contributed by atoms with Gasteiger partial charge in [0.1, 0.15) is 6.54 Å². The number of halogens is 1. The quantitative estimate of drug-likeness (QED) is 0.841. The fourth-order valence-electron chi connectivity index (χ4n) is 2.56. The van der Waals surface area contributed by atoms with E-state index < -0.39 is 0 Å². The van der Waals surface area contributed by atoms with Gasteiger partial charge in [-0.25, -0.2) is 9.88 Å². The lowest BCUT2D eigenvalue weighted by Gasteiger charge is -2.17. The van der Waals surface area contributed by atoms with E-state index in [1.54, 1.807) is 4.90 Å². The van der Waals surface area contributed by atoms with Crippen molar-refractivity contribution in [3.8, 4) is 0 Å². The Labute approximate surface area is 132 Å². The number of nitrogens with zero attached hydrogens (tertiary/aromatic N) is 3. The molecule has 4 nitrogen and oxygen atoms in total. The molecule has 1 aliphatic heterocycles. The average molecular weight is 348 g/mol. The van der Waals surface area contributed by atoms with Gasteiger partial charge in [0, 0.05) is 10.7 Å². The van der Waals surface area contributed by atoms with E-state index in [1.807, 2.05) is 16.8 Å². The zero-order valence-electron chi connectivity index (χ0n) is 12.4. The van der Waals surface area contributed by atoms with Gasteiger partial charge in [0.15, 0.2) is 0 Å². The molecular formula is C16H18BrN3O. The van der Waals surface area contributed by atoms with E-state index in [4.69, 9.17) is 0 Å². The fourth-order valence-corrected chi connectivity index (χ4v) is 3.13. The van der Waals surface area contributed by atoms with Crippen LogP contribution in [0.3, 0.4) is 0 Å². The maximum absolute atomic E-state index is 12.3. The minimum Gasteiger partial charge on any atom is -0.307 e. The molecule has 0 saturated heterocycles. The second-order valence-corrected chi connectivity index (χ2v) is 6.46. The van der Waals surface area contributed by atoms with Crippen LogP contribution < -0.4 is 4.90 Å². The van der Waals surface area contributed by atoms with E-state index in [2.05, 4.69) is 53.8 Å². The van der Waals surface area contributed by atoms with E-state index in [0.717, 1.165) is 28.2 Å². The first-order valence-electron chi connectivity index (χ1n) is 7.19. The summed E-state index contributed by atoms with van der Waals surface area (Å²) in [6.07, 6.45) is 2.83. The molecule has 2 aromatic rings. The van der Waals surface area contributed by atoms with Crippen LogP contribution in [0.25, 0.3) is 0 Å². The molecule has 0 bridgehead atoms. The standard InChI is InChI=1S/C16H18BrN3O/c1-4-12-8-19-9-15(21)20(16(19)18-12)14-6-5-11(10(2)3)7-13(14)17/h5-8,10H,4,9H2,1-3H3. The third kappa shape index (κ3) is 2.39. The lowest BCUT2D eigenvalue weighted by atomic mass is 10.0. The zero-order valence-corrected chi connectivity index (χ0v) is 14.0. The van der Waals surface area contributed by atoms with Crippen molar-refractivity contribution in [1.82, 2.24) is 9.55 Å². The van der Waals surface area contributed by atoms with Gasteiger partial charge in [-0.3, -0.25) is 4.79 Å². The summed E-state index contributed by atoms with van der Waals surface area (Å²) in [6, 6.07) is 6.15. The molecule has 0 fully saturated rings. The summed E-state index contributed by atoms with van der Waals surface area (Å²) in [5, 5.41) is 0. The van der Waals surface area contributed by atoms with Gasteiger partial charge in [-0.2, -0.15) is 0 Å². The van der Waals surface area contributed by atoms with Gasteiger partial charge in [0.25, 0.3) is 5.91 Å². The molecule has 0 radical (unpaired) electrons. The molecule has 2 heterocycles. The summed E-state index contributed by atoms with van der Waals surface area (Å²) in [5.74, 6) is 1.23. The number of hydrogen-bond donors (Lipinski definition) is 0. The summed E-state index contributed by atoms with van der Waals surface area (Å²) in [5.41, 5.74) is 3.11. The minimum absolute atomic E-state index is 0.0538. The first-order chi connectivity index (χ1) is 10.0. The average Bonchev–Trinajstić information content (AvgIpc) is 2.95. The molecule has 1 aromatic heterocycles. The molecule has 21 heavy (non-hydrogen) atoms. The molecule has 0 spiro atoms. The number of anilines is 2. The third-order valence-corrected chi connectivity index (χ3v) is 4.44. The van der Waals surface area contributed by atoms with E-state index in [-0.39, 0.29) is 5.91 Å². The van der Waals surface area contributed by atoms with Crippen LogP contribution in [0.5, 0.6) is 0 Å². The monoisotopic (exact) mass is 347 g/mol. The van der Waals surface area contributed by atoms with Crippen LogP contribution >= 0.6 is 15.9 Å². The maximum Gasteiger partial charge on any atom is 0.253 e. The second-order valence-electron chi connectivity index (χ2n) is 5.61. The van der Waals surface area contributed by atoms with E-state index in [0.29, 0.717) is 12.5 Å². The van der Waals surface area contributed by atoms with Crippen LogP contribution in [0, 0.1) is 0 Å². The first kappa shape index (κ1) is 14.3. The Morgan fingerprint density at radius 1 is 1.38 bits per heavy atom. The highest BCUT2D eigenvalue weighted by Gasteiger charge is 2.32. The van der Waals surface area contributed by atoms with E-state index in [9.17, 15) is 4.79 Å².